The third-order valence-corrected chi connectivity index (χ3v) is 2.91. The molecule has 2 aromatic rings. The first-order chi connectivity index (χ1) is 7.76. The molecule has 0 aliphatic rings. The van der Waals surface area contributed by atoms with Crippen LogP contribution in [0.25, 0.3) is 11.5 Å². The molecule has 0 bridgehead atoms. The van der Waals surface area contributed by atoms with Gasteiger partial charge in [-0.3, -0.25) is 0 Å². The molecule has 0 amide bonds. The lowest BCUT2D eigenvalue weighted by molar-refractivity contribution is 0.389. The Morgan fingerprint density at radius 2 is 1.81 bits per heavy atom. The molecule has 2 rings (SSSR count). The van der Waals surface area contributed by atoms with E-state index in [2.05, 4.69) is 20.9 Å². The average molecular weight is 284 g/mol. The van der Waals surface area contributed by atoms with E-state index in [1.165, 1.54) is 6.26 Å². The lowest BCUT2D eigenvalue weighted by Gasteiger charge is -2.09. The van der Waals surface area contributed by atoms with Gasteiger partial charge < -0.3 is 13.9 Å². The number of methoxy groups -OCH3 is 2. The number of benzene rings is 1. The standard InChI is InChI=1S/C11H10BrNO3/c1-14-8-5-7(11-13-3-4-16-11)6-9(15-2)10(8)12/h3-6H,1-2H3. The topological polar surface area (TPSA) is 44.5 Å². The highest BCUT2D eigenvalue weighted by atomic mass is 79.9. The molecule has 0 aliphatic carbocycles. The van der Waals surface area contributed by atoms with Crippen molar-refractivity contribution in [3.8, 4) is 23.0 Å². The molecule has 1 aromatic heterocycles. The van der Waals surface area contributed by atoms with Crippen molar-refractivity contribution >= 4 is 15.9 Å². The van der Waals surface area contributed by atoms with Crippen LogP contribution in [0.1, 0.15) is 0 Å². The normalized spacial score (nSPS) is 10.2. The number of halogens is 1. The number of aromatic nitrogens is 1. The van der Waals surface area contributed by atoms with Gasteiger partial charge in [0.15, 0.2) is 0 Å². The largest absolute Gasteiger partial charge is 0.495 e. The summed E-state index contributed by atoms with van der Waals surface area (Å²) in [7, 11) is 3.19. The van der Waals surface area contributed by atoms with Crippen molar-refractivity contribution in [2.45, 2.75) is 0 Å². The van der Waals surface area contributed by atoms with Crippen LogP contribution in [-0.4, -0.2) is 19.2 Å². The Balaban J connectivity index is 2.56. The monoisotopic (exact) mass is 283 g/mol. The Morgan fingerprint density at radius 3 is 2.25 bits per heavy atom. The van der Waals surface area contributed by atoms with Gasteiger partial charge in [0.1, 0.15) is 22.2 Å². The van der Waals surface area contributed by atoms with E-state index >= 15 is 0 Å². The predicted octanol–water partition coefficient (Wildman–Crippen LogP) is 3.12. The van der Waals surface area contributed by atoms with Crippen molar-refractivity contribution < 1.29 is 13.9 Å². The first-order valence-electron chi connectivity index (χ1n) is 4.57. The molecule has 16 heavy (non-hydrogen) atoms. The summed E-state index contributed by atoms with van der Waals surface area (Å²) < 4.78 is 16.5. The number of hydrogen-bond donors (Lipinski definition) is 0. The Hall–Kier alpha value is -1.49. The lowest BCUT2D eigenvalue weighted by Crippen LogP contribution is -1.91. The highest BCUT2D eigenvalue weighted by molar-refractivity contribution is 9.10. The SMILES string of the molecule is COc1cc(-c2ncco2)cc(OC)c1Br. The van der Waals surface area contributed by atoms with Crippen molar-refractivity contribution in [3.63, 3.8) is 0 Å². The van der Waals surface area contributed by atoms with Crippen molar-refractivity contribution in [2.24, 2.45) is 0 Å². The minimum atomic E-state index is 0.532. The van der Waals surface area contributed by atoms with Gasteiger partial charge in [-0.25, -0.2) is 4.98 Å². The zero-order valence-electron chi connectivity index (χ0n) is 8.86. The molecular weight excluding hydrogens is 274 g/mol. The van der Waals surface area contributed by atoms with Crippen LogP contribution >= 0.6 is 15.9 Å². The van der Waals surface area contributed by atoms with Crippen LogP contribution in [0.15, 0.2) is 33.5 Å². The van der Waals surface area contributed by atoms with E-state index in [-0.39, 0.29) is 0 Å². The summed E-state index contributed by atoms with van der Waals surface area (Å²) in [5.41, 5.74) is 0.807. The summed E-state index contributed by atoms with van der Waals surface area (Å²) >= 11 is 3.40. The number of hydrogen-bond acceptors (Lipinski definition) is 4. The third kappa shape index (κ3) is 1.90. The molecule has 0 saturated carbocycles. The fraction of sp³-hybridized carbons (Fsp3) is 0.182. The smallest absolute Gasteiger partial charge is 0.226 e. The second-order valence-electron chi connectivity index (χ2n) is 3.03. The summed E-state index contributed by atoms with van der Waals surface area (Å²) in [5.74, 6) is 1.88. The molecule has 0 fully saturated rings. The van der Waals surface area contributed by atoms with Crippen LogP contribution in [0.5, 0.6) is 11.5 Å². The van der Waals surface area contributed by atoms with Crippen LogP contribution in [0.2, 0.25) is 0 Å². The number of ether oxygens (including phenoxy) is 2. The van der Waals surface area contributed by atoms with Crippen LogP contribution in [0, 0.1) is 0 Å². The summed E-state index contributed by atoms with van der Waals surface area (Å²) in [6.45, 7) is 0. The lowest BCUT2D eigenvalue weighted by atomic mass is 10.2. The summed E-state index contributed by atoms with van der Waals surface area (Å²) in [5, 5.41) is 0. The minimum absolute atomic E-state index is 0.532. The van der Waals surface area contributed by atoms with Crippen molar-refractivity contribution in [3.05, 3.63) is 29.1 Å². The van der Waals surface area contributed by atoms with Gasteiger partial charge in [0.25, 0.3) is 0 Å². The Labute approximate surface area is 101 Å². The zero-order valence-corrected chi connectivity index (χ0v) is 10.4. The molecule has 0 saturated heterocycles. The Bertz CT molecular complexity index is 457. The van der Waals surface area contributed by atoms with E-state index in [1.54, 1.807) is 20.4 Å². The van der Waals surface area contributed by atoms with Crippen molar-refractivity contribution in [1.29, 1.82) is 0 Å². The second kappa shape index (κ2) is 4.57. The molecule has 84 valence electrons. The van der Waals surface area contributed by atoms with E-state index in [0.717, 1.165) is 10.0 Å². The fourth-order valence-corrected chi connectivity index (χ4v) is 1.91. The van der Waals surface area contributed by atoms with Gasteiger partial charge in [-0.2, -0.15) is 0 Å². The Kier molecular flexibility index (Phi) is 3.14. The predicted molar refractivity (Wildman–Crippen MR) is 62.7 cm³/mol. The van der Waals surface area contributed by atoms with Crippen LogP contribution in [0.3, 0.4) is 0 Å². The zero-order chi connectivity index (χ0) is 11.5. The first-order valence-corrected chi connectivity index (χ1v) is 5.37. The molecule has 1 heterocycles. The van der Waals surface area contributed by atoms with Crippen LogP contribution in [0.4, 0.5) is 0 Å². The van der Waals surface area contributed by atoms with Gasteiger partial charge in [-0.05, 0) is 28.1 Å². The highest BCUT2D eigenvalue weighted by Gasteiger charge is 2.12. The van der Waals surface area contributed by atoms with Crippen molar-refractivity contribution in [2.75, 3.05) is 14.2 Å². The maximum absolute atomic E-state index is 5.23. The number of rotatable bonds is 3. The Morgan fingerprint density at radius 1 is 1.19 bits per heavy atom. The minimum Gasteiger partial charge on any atom is -0.495 e. The molecule has 0 N–H and O–H groups in total. The van der Waals surface area contributed by atoms with Gasteiger partial charge in [-0.1, -0.05) is 0 Å². The van der Waals surface area contributed by atoms with E-state index in [0.29, 0.717) is 17.4 Å². The van der Waals surface area contributed by atoms with Gasteiger partial charge in [0.2, 0.25) is 5.89 Å². The maximum atomic E-state index is 5.23. The van der Waals surface area contributed by atoms with E-state index < -0.39 is 0 Å². The summed E-state index contributed by atoms with van der Waals surface area (Å²) in [6.07, 6.45) is 3.12. The summed E-state index contributed by atoms with van der Waals surface area (Å²) in [4.78, 5) is 4.07. The molecule has 0 radical (unpaired) electrons. The van der Waals surface area contributed by atoms with E-state index in [4.69, 9.17) is 13.9 Å². The molecular formula is C11H10BrNO3. The summed E-state index contributed by atoms with van der Waals surface area (Å²) in [6, 6.07) is 3.66. The average Bonchev–Trinajstić information content (AvgIpc) is 2.83. The van der Waals surface area contributed by atoms with E-state index in [9.17, 15) is 0 Å². The quantitative estimate of drug-likeness (QED) is 0.868. The van der Waals surface area contributed by atoms with Gasteiger partial charge >= 0.3 is 0 Å². The van der Waals surface area contributed by atoms with Gasteiger partial charge in [-0.15, -0.1) is 0 Å². The van der Waals surface area contributed by atoms with Crippen LogP contribution in [-0.2, 0) is 0 Å². The number of oxazole rings is 1. The highest BCUT2D eigenvalue weighted by Crippen LogP contribution is 2.38. The number of nitrogens with zero attached hydrogens (tertiary/aromatic N) is 1. The van der Waals surface area contributed by atoms with Crippen molar-refractivity contribution in [1.82, 2.24) is 4.98 Å². The molecule has 0 spiro atoms. The molecule has 0 aliphatic heterocycles. The first kappa shape index (κ1) is 11.0. The molecule has 1 aromatic carbocycles. The van der Waals surface area contributed by atoms with Gasteiger partial charge in [0, 0.05) is 5.56 Å². The van der Waals surface area contributed by atoms with Crippen LogP contribution < -0.4 is 9.47 Å². The fourth-order valence-electron chi connectivity index (χ4n) is 1.36. The van der Waals surface area contributed by atoms with E-state index in [1.807, 2.05) is 12.1 Å². The molecule has 5 heteroatoms. The maximum Gasteiger partial charge on any atom is 0.226 e. The third-order valence-electron chi connectivity index (χ3n) is 2.12. The molecule has 0 unspecified atom stereocenters. The second-order valence-corrected chi connectivity index (χ2v) is 3.83. The molecule has 0 atom stereocenters. The van der Waals surface area contributed by atoms with Gasteiger partial charge in [0.05, 0.1) is 20.4 Å². The molecule has 4 nitrogen and oxygen atoms in total.